The van der Waals surface area contributed by atoms with E-state index in [1.165, 1.54) is 31.4 Å². The van der Waals surface area contributed by atoms with E-state index in [0.717, 1.165) is 0 Å². The van der Waals surface area contributed by atoms with E-state index in [1.807, 2.05) is 0 Å². The van der Waals surface area contributed by atoms with E-state index in [2.05, 4.69) is 10.0 Å². The summed E-state index contributed by atoms with van der Waals surface area (Å²) in [6.45, 7) is 3.25. The van der Waals surface area contributed by atoms with Crippen LogP contribution in [0, 0.1) is 0 Å². The molecule has 9 heteroatoms. The van der Waals surface area contributed by atoms with Crippen molar-refractivity contribution in [3.8, 4) is 11.5 Å². The number of hydrogen-bond donors (Lipinski definition) is 2. The Morgan fingerprint density at radius 1 is 1.23 bits per heavy atom. The largest absolute Gasteiger partial charge is 0.495 e. The number of ether oxygens (including phenoxy) is 2. The number of rotatable bonds is 4. The minimum atomic E-state index is -4.02. The summed E-state index contributed by atoms with van der Waals surface area (Å²) in [5, 5.41) is 2.93. The highest BCUT2D eigenvalue weighted by molar-refractivity contribution is 7.92. The molecule has 2 aromatic rings. The highest BCUT2D eigenvalue weighted by atomic mass is 35.5. The first kappa shape index (κ1) is 18.3. The van der Waals surface area contributed by atoms with Crippen LogP contribution in [-0.2, 0) is 14.8 Å². The molecule has 1 aliphatic rings. The van der Waals surface area contributed by atoms with Crippen molar-refractivity contribution in [3.63, 3.8) is 0 Å². The van der Waals surface area contributed by atoms with Crippen LogP contribution in [0.4, 0.5) is 11.4 Å². The molecule has 0 radical (unpaired) electrons. The summed E-state index contributed by atoms with van der Waals surface area (Å²) in [5.41, 5.74) is -0.629. The molecule has 0 spiro atoms. The van der Waals surface area contributed by atoms with Crippen molar-refractivity contribution in [2.75, 3.05) is 17.1 Å². The van der Waals surface area contributed by atoms with Crippen LogP contribution in [-0.4, -0.2) is 27.0 Å². The number of hydrogen-bond acceptors (Lipinski definition) is 5. The number of para-hydroxylation sites is 1. The highest BCUT2D eigenvalue weighted by Gasteiger charge is 2.36. The van der Waals surface area contributed by atoms with Crippen LogP contribution in [0.5, 0.6) is 11.5 Å². The summed E-state index contributed by atoms with van der Waals surface area (Å²) in [6, 6.07) is 9.07. The van der Waals surface area contributed by atoms with Gasteiger partial charge in [-0.25, -0.2) is 8.42 Å². The Kier molecular flexibility index (Phi) is 4.49. The zero-order valence-corrected chi connectivity index (χ0v) is 15.9. The molecule has 0 bridgehead atoms. The second kappa shape index (κ2) is 6.37. The SMILES string of the molecule is COc1ccc(Cl)cc1S(=O)(=O)Nc1cccc2c1NC(=O)C(C)(C)O2. The third kappa shape index (κ3) is 3.30. The van der Waals surface area contributed by atoms with Crippen LogP contribution in [0.25, 0.3) is 0 Å². The Morgan fingerprint density at radius 2 is 1.96 bits per heavy atom. The molecule has 0 aromatic heterocycles. The van der Waals surface area contributed by atoms with E-state index in [9.17, 15) is 13.2 Å². The summed E-state index contributed by atoms with van der Waals surface area (Å²) < 4.78 is 38.9. The van der Waals surface area contributed by atoms with Crippen molar-refractivity contribution in [2.45, 2.75) is 24.3 Å². The number of carbonyl (C=O) groups is 1. The van der Waals surface area contributed by atoms with Crippen LogP contribution in [0.2, 0.25) is 5.02 Å². The van der Waals surface area contributed by atoms with Gasteiger partial charge in [0.1, 0.15) is 22.1 Å². The lowest BCUT2D eigenvalue weighted by molar-refractivity contribution is -0.129. The van der Waals surface area contributed by atoms with E-state index in [-0.39, 0.29) is 32.9 Å². The Hall–Kier alpha value is -2.45. The minimum Gasteiger partial charge on any atom is -0.495 e. The minimum absolute atomic E-state index is 0.117. The van der Waals surface area contributed by atoms with Gasteiger partial charge in [0, 0.05) is 5.02 Å². The molecule has 1 heterocycles. The monoisotopic (exact) mass is 396 g/mol. The molecule has 2 aromatic carbocycles. The average Bonchev–Trinajstić information content (AvgIpc) is 2.56. The molecule has 0 fully saturated rings. The van der Waals surface area contributed by atoms with Gasteiger partial charge in [0.15, 0.2) is 5.60 Å². The number of sulfonamides is 1. The fourth-order valence-electron chi connectivity index (χ4n) is 2.48. The molecular formula is C17H17ClN2O5S. The maximum absolute atomic E-state index is 12.8. The van der Waals surface area contributed by atoms with Gasteiger partial charge in [-0.1, -0.05) is 17.7 Å². The second-order valence-corrected chi connectivity index (χ2v) is 8.23. The third-order valence-electron chi connectivity index (χ3n) is 3.84. The van der Waals surface area contributed by atoms with E-state index in [1.54, 1.807) is 26.0 Å². The zero-order valence-electron chi connectivity index (χ0n) is 14.3. The lowest BCUT2D eigenvalue weighted by Gasteiger charge is -2.32. The van der Waals surface area contributed by atoms with Gasteiger partial charge in [-0.2, -0.15) is 0 Å². The predicted molar refractivity (Wildman–Crippen MR) is 98.6 cm³/mol. The lowest BCUT2D eigenvalue weighted by atomic mass is 10.1. The van der Waals surface area contributed by atoms with Crippen molar-refractivity contribution in [3.05, 3.63) is 41.4 Å². The predicted octanol–water partition coefficient (Wildman–Crippen LogP) is 3.26. The molecule has 26 heavy (non-hydrogen) atoms. The molecule has 0 saturated carbocycles. The van der Waals surface area contributed by atoms with E-state index >= 15 is 0 Å². The number of methoxy groups -OCH3 is 1. The highest BCUT2D eigenvalue weighted by Crippen LogP contribution is 2.40. The van der Waals surface area contributed by atoms with E-state index in [0.29, 0.717) is 5.75 Å². The third-order valence-corrected chi connectivity index (χ3v) is 5.46. The Labute approximate surface area is 156 Å². The van der Waals surface area contributed by atoms with Crippen LogP contribution in [0.1, 0.15) is 13.8 Å². The molecule has 0 aliphatic carbocycles. The molecule has 2 N–H and O–H groups in total. The number of carbonyl (C=O) groups excluding carboxylic acids is 1. The number of fused-ring (bicyclic) bond motifs is 1. The second-order valence-electron chi connectivity index (χ2n) is 6.15. The summed E-state index contributed by atoms with van der Waals surface area (Å²) in [5.74, 6) is 0.137. The quantitative estimate of drug-likeness (QED) is 0.827. The topological polar surface area (TPSA) is 93.7 Å². The summed E-state index contributed by atoms with van der Waals surface area (Å²) in [7, 11) is -2.66. The molecule has 1 amide bonds. The van der Waals surface area contributed by atoms with Crippen molar-refractivity contribution < 1.29 is 22.7 Å². The molecule has 138 valence electrons. The maximum atomic E-state index is 12.8. The first-order valence-electron chi connectivity index (χ1n) is 7.64. The molecular weight excluding hydrogens is 380 g/mol. The zero-order chi connectivity index (χ0) is 19.1. The maximum Gasteiger partial charge on any atom is 0.268 e. The summed E-state index contributed by atoms with van der Waals surface area (Å²) in [4.78, 5) is 12.0. The Morgan fingerprint density at radius 3 is 2.65 bits per heavy atom. The van der Waals surface area contributed by atoms with Crippen LogP contribution in [0.3, 0.4) is 0 Å². The van der Waals surface area contributed by atoms with Gasteiger partial charge in [0.05, 0.1) is 12.8 Å². The molecule has 0 atom stereocenters. The van der Waals surface area contributed by atoms with Gasteiger partial charge in [0.25, 0.3) is 15.9 Å². The van der Waals surface area contributed by atoms with Crippen molar-refractivity contribution >= 4 is 38.9 Å². The van der Waals surface area contributed by atoms with Gasteiger partial charge in [0.2, 0.25) is 0 Å². The van der Waals surface area contributed by atoms with Gasteiger partial charge >= 0.3 is 0 Å². The van der Waals surface area contributed by atoms with Crippen LogP contribution in [0.15, 0.2) is 41.3 Å². The Balaban J connectivity index is 2.03. The van der Waals surface area contributed by atoms with Crippen LogP contribution >= 0.6 is 11.6 Å². The van der Waals surface area contributed by atoms with E-state index in [4.69, 9.17) is 21.1 Å². The molecule has 3 rings (SSSR count). The van der Waals surface area contributed by atoms with Crippen molar-refractivity contribution in [1.82, 2.24) is 0 Å². The van der Waals surface area contributed by atoms with Gasteiger partial charge in [-0.15, -0.1) is 0 Å². The fraction of sp³-hybridized carbons (Fsp3) is 0.235. The summed E-state index contributed by atoms with van der Waals surface area (Å²) >= 11 is 5.92. The average molecular weight is 397 g/mol. The van der Waals surface area contributed by atoms with Gasteiger partial charge in [-0.05, 0) is 44.2 Å². The smallest absolute Gasteiger partial charge is 0.268 e. The van der Waals surface area contributed by atoms with Crippen molar-refractivity contribution in [2.24, 2.45) is 0 Å². The first-order chi connectivity index (χ1) is 12.1. The first-order valence-corrected chi connectivity index (χ1v) is 9.50. The molecule has 0 saturated heterocycles. The molecule has 1 aliphatic heterocycles. The molecule has 0 unspecified atom stereocenters. The standard InChI is InChI=1S/C17H17ClN2O5S/c1-17(2)16(21)19-15-11(5-4-6-13(15)25-17)20-26(22,23)14-9-10(18)7-8-12(14)24-3/h4-9,20H,1-3H3,(H,19,21). The number of anilines is 2. The molecule has 7 nitrogen and oxygen atoms in total. The van der Waals surface area contributed by atoms with Crippen molar-refractivity contribution in [1.29, 1.82) is 0 Å². The number of halogens is 1. The summed E-state index contributed by atoms with van der Waals surface area (Å²) in [6.07, 6.45) is 0. The van der Waals surface area contributed by atoms with E-state index < -0.39 is 15.6 Å². The lowest BCUT2D eigenvalue weighted by Crippen LogP contribution is -2.45. The van der Waals surface area contributed by atoms with Crippen LogP contribution < -0.4 is 19.5 Å². The van der Waals surface area contributed by atoms with Gasteiger partial charge < -0.3 is 14.8 Å². The Bertz CT molecular complexity index is 989. The number of benzene rings is 2. The normalized spacial score (nSPS) is 15.5. The fourth-order valence-corrected chi connectivity index (χ4v) is 3.98. The number of nitrogens with one attached hydrogen (secondary N) is 2. The number of amides is 1. The van der Waals surface area contributed by atoms with Gasteiger partial charge in [-0.3, -0.25) is 9.52 Å².